The Morgan fingerprint density at radius 2 is 1.67 bits per heavy atom. The molecule has 27 heavy (non-hydrogen) atoms. The Balaban J connectivity index is 1.92. The van der Waals surface area contributed by atoms with Crippen LogP contribution in [0.15, 0.2) is 34.8 Å². The fourth-order valence-corrected chi connectivity index (χ4v) is 4.80. The number of carbonyl (C=O) groups is 2. The number of Topliss-reactive ketones (excluding diaryl/α,β-unsaturated/α-hetero) is 2. The number of rotatable bonds is 3. The first-order valence-electron chi connectivity index (χ1n) is 9.36. The molecule has 6 heteroatoms. The van der Waals surface area contributed by atoms with E-state index in [1.807, 2.05) is 13.0 Å². The Morgan fingerprint density at radius 3 is 2.22 bits per heavy atom. The Morgan fingerprint density at radius 1 is 1.07 bits per heavy atom. The molecule has 2 aliphatic carbocycles. The quantitative estimate of drug-likeness (QED) is 0.645. The van der Waals surface area contributed by atoms with E-state index in [2.05, 4.69) is 22.6 Å². The van der Waals surface area contributed by atoms with E-state index >= 15 is 0 Å². The standard InChI is InChI=1S/C21H21IO5/c1-2-26-17-10-11(9-12(22)21(17)25)18-19-13(23)5-3-7-15(19)27-16-8-4-6-14(24)20(16)18/h9-10,18,25H,2-8H2,1H3. The van der Waals surface area contributed by atoms with Crippen molar-refractivity contribution in [1.29, 1.82) is 0 Å². The predicted octanol–water partition coefficient (Wildman–Crippen LogP) is 4.52. The second kappa shape index (κ2) is 7.30. The molecule has 0 saturated heterocycles. The van der Waals surface area contributed by atoms with Crippen LogP contribution in [0.25, 0.3) is 0 Å². The maximum Gasteiger partial charge on any atom is 0.171 e. The lowest BCUT2D eigenvalue weighted by molar-refractivity contribution is -0.117. The summed E-state index contributed by atoms with van der Waals surface area (Å²) in [5, 5.41) is 10.3. The summed E-state index contributed by atoms with van der Waals surface area (Å²) in [6.45, 7) is 2.27. The molecule has 1 aromatic carbocycles. The molecule has 0 radical (unpaired) electrons. The largest absolute Gasteiger partial charge is 0.504 e. The Hall–Kier alpha value is -1.83. The van der Waals surface area contributed by atoms with Gasteiger partial charge in [-0.1, -0.05) is 0 Å². The molecule has 142 valence electrons. The van der Waals surface area contributed by atoms with Crippen molar-refractivity contribution in [2.45, 2.75) is 51.4 Å². The lowest BCUT2D eigenvalue weighted by Gasteiger charge is -2.36. The molecule has 1 N–H and O–H groups in total. The van der Waals surface area contributed by atoms with E-state index in [-0.39, 0.29) is 17.3 Å². The lowest BCUT2D eigenvalue weighted by Crippen LogP contribution is -2.30. The third kappa shape index (κ3) is 3.17. The van der Waals surface area contributed by atoms with Crippen molar-refractivity contribution >= 4 is 34.2 Å². The molecule has 0 bridgehead atoms. The zero-order valence-corrected chi connectivity index (χ0v) is 17.3. The van der Waals surface area contributed by atoms with Crippen molar-refractivity contribution in [2.24, 2.45) is 0 Å². The van der Waals surface area contributed by atoms with Crippen molar-refractivity contribution in [1.82, 2.24) is 0 Å². The maximum absolute atomic E-state index is 12.8. The van der Waals surface area contributed by atoms with Crippen molar-refractivity contribution in [3.05, 3.63) is 43.9 Å². The van der Waals surface area contributed by atoms with Crippen LogP contribution >= 0.6 is 22.6 Å². The van der Waals surface area contributed by atoms with Crippen LogP contribution < -0.4 is 4.74 Å². The van der Waals surface area contributed by atoms with Crippen LogP contribution in [0.1, 0.15) is 56.9 Å². The highest BCUT2D eigenvalue weighted by Gasteiger charge is 2.42. The highest BCUT2D eigenvalue weighted by molar-refractivity contribution is 14.1. The van der Waals surface area contributed by atoms with Crippen LogP contribution in [0.3, 0.4) is 0 Å². The number of phenols is 1. The number of hydrogen-bond donors (Lipinski definition) is 1. The molecule has 0 fully saturated rings. The van der Waals surface area contributed by atoms with Gasteiger partial charge < -0.3 is 14.6 Å². The second-order valence-corrected chi connectivity index (χ2v) is 8.21. The van der Waals surface area contributed by atoms with Crippen LogP contribution in [0.4, 0.5) is 0 Å². The molecular weight excluding hydrogens is 459 g/mol. The van der Waals surface area contributed by atoms with E-state index in [1.165, 1.54) is 0 Å². The highest BCUT2D eigenvalue weighted by atomic mass is 127. The van der Waals surface area contributed by atoms with E-state index in [0.29, 0.717) is 51.4 Å². The van der Waals surface area contributed by atoms with Crippen molar-refractivity contribution in [3.63, 3.8) is 0 Å². The van der Waals surface area contributed by atoms with Gasteiger partial charge in [-0.3, -0.25) is 9.59 Å². The number of hydrogen-bond acceptors (Lipinski definition) is 5. The van der Waals surface area contributed by atoms with Gasteiger partial charge in [-0.25, -0.2) is 0 Å². The summed E-state index contributed by atoms with van der Waals surface area (Å²) in [6, 6.07) is 3.60. The number of phenolic OH excluding ortho intramolecular Hbond substituents is 1. The van der Waals surface area contributed by atoms with Gasteiger partial charge in [0.25, 0.3) is 0 Å². The summed E-state index contributed by atoms with van der Waals surface area (Å²) in [6.07, 6.45) is 3.94. The average molecular weight is 480 g/mol. The summed E-state index contributed by atoms with van der Waals surface area (Å²) >= 11 is 2.05. The van der Waals surface area contributed by atoms with Crippen molar-refractivity contribution in [2.75, 3.05) is 6.61 Å². The number of benzene rings is 1. The molecule has 1 aromatic rings. The molecule has 0 unspecified atom stereocenters. The predicted molar refractivity (Wildman–Crippen MR) is 108 cm³/mol. The fourth-order valence-electron chi connectivity index (χ4n) is 4.18. The molecule has 0 aromatic heterocycles. The first-order chi connectivity index (χ1) is 13.0. The van der Waals surface area contributed by atoms with Gasteiger partial charge >= 0.3 is 0 Å². The van der Waals surface area contributed by atoms with Gasteiger partial charge in [-0.2, -0.15) is 0 Å². The minimum absolute atomic E-state index is 0.0483. The Kier molecular flexibility index (Phi) is 5.01. The Bertz CT molecular complexity index is 854. The summed E-state index contributed by atoms with van der Waals surface area (Å²) in [5.74, 6) is 1.55. The molecule has 1 heterocycles. The molecule has 0 saturated carbocycles. The van der Waals surface area contributed by atoms with E-state index < -0.39 is 5.92 Å². The van der Waals surface area contributed by atoms with Crippen LogP contribution in [-0.2, 0) is 14.3 Å². The zero-order chi connectivity index (χ0) is 19.1. The highest BCUT2D eigenvalue weighted by Crippen LogP contribution is 2.49. The second-order valence-electron chi connectivity index (χ2n) is 7.04. The normalized spacial score (nSPS) is 20.4. The Labute approximate surface area is 171 Å². The van der Waals surface area contributed by atoms with E-state index in [9.17, 15) is 14.7 Å². The van der Waals surface area contributed by atoms with Crippen LogP contribution in [0, 0.1) is 3.57 Å². The fraction of sp³-hybridized carbons (Fsp3) is 0.429. The molecule has 1 aliphatic heterocycles. The summed E-state index contributed by atoms with van der Waals surface area (Å²) < 4.78 is 12.3. The number of ketones is 2. The minimum Gasteiger partial charge on any atom is -0.504 e. The van der Waals surface area contributed by atoms with Crippen LogP contribution in [0.5, 0.6) is 11.5 Å². The third-order valence-electron chi connectivity index (χ3n) is 5.32. The van der Waals surface area contributed by atoms with Gasteiger partial charge in [-0.15, -0.1) is 0 Å². The van der Waals surface area contributed by atoms with Crippen LogP contribution in [0.2, 0.25) is 0 Å². The first-order valence-corrected chi connectivity index (χ1v) is 10.4. The maximum atomic E-state index is 12.8. The van der Waals surface area contributed by atoms with E-state index in [1.54, 1.807) is 6.07 Å². The lowest BCUT2D eigenvalue weighted by atomic mass is 9.73. The smallest absolute Gasteiger partial charge is 0.171 e. The zero-order valence-electron chi connectivity index (χ0n) is 15.1. The van der Waals surface area contributed by atoms with Gasteiger partial charge in [-0.05, 0) is 60.1 Å². The molecule has 4 rings (SSSR count). The molecule has 0 spiro atoms. The monoisotopic (exact) mass is 480 g/mol. The molecule has 0 atom stereocenters. The molecule has 3 aliphatic rings. The summed E-state index contributed by atoms with van der Waals surface area (Å²) in [4.78, 5) is 25.6. The number of carbonyl (C=O) groups excluding carboxylic acids is 2. The average Bonchev–Trinajstić information content (AvgIpc) is 2.64. The number of aromatic hydroxyl groups is 1. The topological polar surface area (TPSA) is 72.8 Å². The SMILES string of the molecule is CCOc1cc(C2C3=C(CCCC3=O)OC3=C2C(=O)CCC3)cc(I)c1O. The van der Waals surface area contributed by atoms with Crippen molar-refractivity contribution in [3.8, 4) is 11.5 Å². The van der Waals surface area contributed by atoms with Gasteiger partial charge in [0.15, 0.2) is 23.1 Å². The number of ether oxygens (including phenoxy) is 2. The van der Waals surface area contributed by atoms with E-state index in [4.69, 9.17) is 9.47 Å². The number of allylic oxidation sites excluding steroid dienone is 4. The summed E-state index contributed by atoms with van der Waals surface area (Å²) in [5.41, 5.74) is 2.02. The van der Waals surface area contributed by atoms with Gasteiger partial charge in [0.2, 0.25) is 0 Å². The van der Waals surface area contributed by atoms with Gasteiger partial charge in [0.1, 0.15) is 11.5 Å². The first kappa shape index (κ1) is 18.5. The molecule has 0 amide bonds. The molecule has 5 nitrogen and oxygen atoms in total. The van der Waals surface area contributed by atoms with Crippen molar-refractivity contribution < 1.29 is 24.2 Å². The van der Waals surface area contributed by atoms with Gasteiger partial charge in [0.05, 0.1) is 10.2 Å². The minimum atomic E-state index is -0.433. The van der Waals surface area contributed by atoms with Crippen LogP contribution in [-0.4, -0.2) is 23.3 Å². The molecular formula is C21H21IO5. The third-order valence-corrected chi connectivity index (χ3v) is 6.15. The summed E-state index contributed by atoms with van der Waals surface area (Å²) in [7, 11) is 0. The number of halogens is 1. The van der Waals surface area contributed by atoms with E-state index in [0.717, 1.165) is 31.2 Å². The van der Waals surface area contributed by atoms with Gasteiger partial charge in [0, 0.05) is 42.7 Å².